The fraction of sp³-hybridized carbons (Fsp3) is 0.667. The molecule has 3 unspecified atom stereocenters. The molecule has 1 saturated carbocycles. The summed E-state index contributed by atoms with van der Waals surface area (Å²) in [5.41, 5.74) is 7.60. The molecule has 0 amide bonds. The molecule has 0 radical (unpaired) electrons. The van der Waals surface area contributed by atoms with Gasteiger partial charge >= 0.3 is 0 Å². The lowest BCUT2D eigenvalue weighted by molar-refractivity contribution is 0.221. The number of hydrogen-bond acceptors (Lipinski definition) is 2. The van der Waals surface area contributed by atoms with Crippen LogP contribution in [0.4, 0.5) is 0 Å². The smallest absolute Gasteiger partial charge is 0.0410 e. The van der Waals surface area contributed by atoms with E-state index >= 15 is 0 Å². The van der Waals surface area contributed by atoms with Crippen molar-refractivity contribution < 1.29 is 0 Å². The Balaban J connectivity index is 1.98. The number of hydrogen-bond donors (Lipinski definition) is 1. The summed E-state index contributed by atoms with van der Waals surface area (Å²) in [6.45, 7) is 2.28. The lowest BCUT2D eigenvalue weighted by Gasteiger charge is -2.34. The van der Waals surface area contributed by atoms with E-state index in [0.717, 1.165) is 16.8 Å². The molecule has 1 aliphatic carbocycles. The number of rotatable bonds is 4. The van der Waals surface area contributed by atoms with Gasteiger partial charge in [-0.05, 0) is 65.1 Å². The summed E-state index contributed by atoms with van der Waals surface area (Å²) in [5.74, 6) is 1.52. The molecule has 0 saturated heterocycles. The van der Waals surface area contributed by atoms with Gasteiger partial charge in [0.25, 0.3) is 0 Å². The van der Waals surface area contributed by atoms with E-state index in [0.29, 0.717) is 12.0 Å². The van der Waals surface area contributed by atoms with Crippen molar-refractivity contribution in [3.8, 4) is 0 Å². The maximum Gasteiger partial charge on any atom is 0.0410 e. The topological polar surface area (TPSA) is 38.9 Å². The van der Waals surface area contributed by atoms with Crippen molar-refractivity contribution in [2.45, 2.75) is 51.5 Å². The number of aromatic nitrogens is 1. The highest BCUT2D eigenvalue weighted by molar-refractivity contribution is 9.10. The number of pyridine rings is 1. The Kier molecular flexibility index (Phi) is 5.19. The minimum Gasteiger partial charge on any atom is -0.327 e. The maximum absolute atomic E-state index is 6.29. The molecule has 100 valence electrons. The summed E-state index contributed by atoms with van der Waals surface area (Å²) in [6, 6.07) is 2.54. The van der Waals surface area contributed by atoms with E-state index in [1.807, 2.05) is 12.4 Å². The Hall–Kier alpha value is -0.410. The van der Waals surface area contributed by atoms with E-state index in [1.165, 1.54) is 37.7 Å². The first-order chi connectivity index (χ1) is 8.69. The van der Waals surface area contributed by atoms with Gasteiger partial charge in [-0.25, -0.2) is 0 Å². The average Bonchev–Trinajstić information content (AvgIpc) is 2.34. The molecule has 2 nitrogen and oxygen atoms in total. The summed E-state index contributed by atoms with van der Waals surface area (Å²) in [6.07, 6.45) is 11.4. The highest BCUT2D eigenvalue weighted by atomic mass is 79.9. The Bertz CT molecular complexity index is 381. The van der Waals surface area contributed by atoms with Crippen LogP contribution in [0.15, 0.2) is 22.9 Å². The predicted molar refractivity (Wildman–Crippen MR) is 79.4 cm³/mol. The zero-order chi connectivity index (χ0) is 13.0. The van der Waals surface area contributed by atoms with Crippen molar-refractivity contribution in [2.24, 2.45) is 17.6 Å². The van der Waals surface area contributed by atoms with Gasteiger partial charge in [0.1, 0.15) is 0 Å². The molecule has 0 aromatic carbocycles. The molecular formula is C15H23BrN2. The second kappa shape index (κ2) is 6.67. The monoisotopic (exact) mass is 310 g/mol. The van der Waals surface area contributed by atoms with Crippen LogP contribution in [0.2, 0.25) is 0 Å². The second-order valence-corrected chi connectivity index (χ2v) is 6.52. The van der Waals surface area contributed by atoms with Crippen LogP contribution < -0.4 is 5.73 Å². The van der Waals surface area contributed by atoms with Gasteiger partial charge in [0, 0.05) is 22.9 Å². The Labute approximate surface area is 119 Å². The minimum absolute atomic E-state index is 0.372. The molecule has 1 aromatic rings. The van der Waals surface area contributed by atoms with Crippen LogP contribution in [0.25, 0.3) is 0 Å². The first-order valence-corrected chi connectivity index (χ1v) is 7.83. The molecule has 1 fully saturated rings. The molecule has 2 N–H and O–H groups in total. The Morgan fingerprint density at radius 2 is 2.22 bits per heavy atom. The number of nitrogens with zero attached hydrogens (tertiary/aromatic N) is 1. The third-order valence-electron chi connectivity index (χ3n) is 4.11. The third kappa shape index (κ3) is 3.79. The van der Waals surface area contributed by atoms with Crippen LogP contribution in [0.3, 0.4) is 0 Å². The van der Waals surface area contributed by atoms with Gasteiger partial charge in [0.05, 0.1) is 0 Å². The fourth-order valence-electron chi connectivity index (χ4n) is 3.16. The first kappa shape index (κ1) is 14.0. The van der Waals surface area contributed by atoms with E-state index in [9.17, 15) is 0 Å². The van der Waals surface area contributed by atoms with Crippen molar-refractivity contribution in [3.05, 3.63) is 28.5 Å². The fourth-order valence-corrected chi connectivity index (χ4v) is 3.57. The number of nitrogens with two attached hydrogens (primary N) is 1. The normalized spacial score (nSPS) is 28.3. The molecule has 18 heavy (non-hydrogen) atoms. The molecular weight excluding hydrogens is 288 g/mol. The van der Waals surface area contributed by atoms with Gasteiger partial charge in [0.15, 0.2) is 0 Å². The summed E-state index contributed by atoms with van der Waals surface area (Å²) in [7, 11) is 0. The first-order valence-electron chi connectivity index (χ1n) is 7.04. The van der Waals surface area contributed by atoms with Crippen molar-refractivity contribution in [2.75, 3.05) is 0 Å². The Morgan fingerprint density at radius 3 is 2.94 bits per heavy atom. The lowest BCUT2D eigenvalue weighted by Crippen LogP contribution is -2.37. The maximum atomic E-state index is 6.29. The molecule has 3 atom stereocenters. The van der Waals surface area contributed by atoms with Gasteiger partial charge in [0.2, 0.25) is 0 Å². The Morgan fingerprint density at radius 1 is 1.39 bits per heavy atom. The largest absolute Gasteiger partial charge is 0.327 e. The van der Waals surface area contributed by atoms with E-state index in [4.69, 9.17) is 5.73 Å². The van der Waals surface area contributed by atoms with Gasteiger partial charge in [-0.15, -0.1) is 0 Å². The average molecular weight is 311 g/mol. The molecule has 0 spiro atoms. The SMILES string of the molecule is CCCC1CCC(N)C(Cc2cncc(Br)c2)C1. The quantitative estimate of drug-likeness (QED) is 0.915. The van der Waals surface area contributed by atoms with Crippen LogP contribution in [-0.4, -0.2) is 11.0 Å². The molecule has 1 aromatic heterocycles. The standard InChI is InChI=1S/C15H23BrN2/c1-2-3-11-4-5-15(17)13(6-11)7-12-8-14(16)10-18-9-12/h8-11,13,15H,2-7,17H2,1H3. The minimum atomic E-state index is 0.372. The summed E-state index contributed by atoms with van der Waals surface area (Å²) in [4.78, 5) is 4.24. The van der Waals surface area contributed by atoms with Gasteiger partial charge < -0.3 is 5.73 Å². The van der Waals surface area contributed by atoms with Crippen LogP contribution in [-0.2, 0) is 6.42 Å². The summed E-state index contributed by atoms with van der Waals surface area (Å²) in [5, 5.41) is 0. The van der Waals surface area contributed by atoms with Crippen LogP contribution in [0.5, 0.6) is 0 Å². The van der Waals surface area contributed by atoms with E-state index in [-0.39, 0.29) is 0 Å². The van der Waals surface area contributed by atoms with Crippen LogP contribution in [0, 0.1) is 11.8 Å². The third-order valence-corrected chi connectivity index (χ3v) is 4.54. The summed E-state index contributed by atoms with van der Waals surface area (Å²) < 4.78 is 1.06. The van der Waals surface area contributed by atoms with Gasteiger partial charge in [-0.3, -0.25) is 4.98 Å². The lowest BCUT2D eigenvalue weighted by atomic mass is 9.74. The van der Waals surface area contributed by atoms with E-state index in [1.54, 1.807) is 0 Å². The molecule has 1 aliphatic rings. The van der Waals surface area contributed by atoms with Gasteiger partial charge in [-0.1, -0.05) is 19.8 Å². The van der Waals surface area contributed by atoms with Crippen molar-refractivity contribution >= 4 is 15.9 Å². The molecule has 2 rings (SSSR count). The predicted octanol–water partition coefficient (Wildman–Crippen LogP) is 3.93. The van der Waals surface area contributed by atoms with Crippen LogP contribution in [0.1, 0.15) is 44.6 Å². The van der Waals surface area contributed by atoms with E-state index in [2.05, 4.69) is 33.9 Å². The van der Waals surface area contributed by atoms with Crippen molar-refractivity contribution in [3.63, 3.8) is 0 Å². The van der Waals surface area contributed by atoms with E-state index < -0.39 is 0 Å². The highest BCUT2D eigenvalue weighted by Gasteiger charge is 2.27. The van der Waals surface area contributed by atoms with Crippen LogP contribution >= 0.6 is 15.9 Å². The summed E-state index contributed by atoms with van der Waals surface area (Å²) >= 11 is 3.49. The molecule has 0 aliphatic heterocycles. The molecule has 1 heterocycles. The second-order valence-electron chi connectivity index (χ2n) is 5.61. The molecule has 3 heteroatoms. The number of halogens is 1. The molecule has 0 bridgehead atoms. The zero-order valence-corrected chi connectivity index (χ0v) is 12.7. The zero-order valence-electron chi connectivity index (χ0n) is 11.1. The van der Waals surface area contributed by atoms with Crippen molar-refractivity contribution in [1.29, 1.82) is 0 Å². The van der Waals surface area contributed by atoms with Crippen molar-refractivity contribution in [1.82, 2.24) is 4.98 Å². The highest BCUT2D eigenvalue weighted by Crippen LogP contribution is 2.33. The van der Waals surface area contributed by atoms with Gasteiger partial charge in [-0.2, -0.15) is 0 Å².